The minimum absolute atomic E-state index is 0.508. The van der Waals surface area contributed by atoms with Crippen molar-refractivity contribution in [3.8, 4) is 45.0 Å². The van der Waals surface area contributed by atoms with Gasteiger partial charge in [0.05, 0.1) is 16.8 Å². The van der Waals surface area contributed by atoms with Gasteiger partial charge in [-0.05, 0) is 74.5 Å². The van der Waals surface area contributed by atoms with Crippen molar-refractivity contribution < 1.29 is 4.42 Å². The van der Waals surface area contributed by atoms with Crippen molar-refractivity contribution in [1.29, 1.82) is 0 Å². The fraction of sp³-hybridized carbons (Fsp3) is 0.0196. The van der Waals surface area contributed by atoms with E-state index in [1.807, 2.05) is 12.1 Å². The quantitative estimate of drug-likeness (QED) is 0.181. The molecule has 0 saturated heterocycles. The molecule has 252 valence electrons. The molecule has 54 heavy (non-hydrogen) atoms. The SMILES string of the molecule is c1ccc(C2(c3ccccc3)c3ccccc3-c3c(-c4cc(-c5ccc6oc7ccccc7c6c5)nc(-c5cccc6ccccc56)n4)cccc32)cc1. The first-order valence-electron chi connectivity index (χ1n) is 18.4. The Balaban J connectivity index is 1.21. The van der Waals surface area contributed by atoms with Crippen LogP contribution >= 0.6 is 0 Å². The number of fused-ring (bicyclic) bond motifs is 7. The van der Waals surface area contributed by atoms with Crippen LogP contribution in [0.5, 0.6) is 0 Å². The molecule has 0 fully saturated rings. The zero-order valence-corrected chi connectivity index (χ0v) is 29.3. The minimum Gasteiger partial charge on any atom is -0.456 e. The van der Waals surface area contributed by atoms with Crippen LogP contribution in [0, 0.1) is 0 Å². The Morgan fingerprint density at radius 2 is 0.981 bits per heavy atom. The zero-order valence-electron chi connectivity index (χ0n) is 29.3. The Morgan fingerprint density at radius 3 is 1.81 bits per heavy atom. The van der Waals surface area contributed by atoms with E-state index >= 15 is 0 Å². The van der Waals surface area contributed by atoms with Crippen LogP contribution in [0.4, 0.5) is 0 Å². The van der Waals surface area contributed by atoms with Gasteiger partial charge in [0.25, 0.3) is 0 Å². The lowest BCUT2D eigenvalue weighted by molar-refractivity contribution is 0.669. The molecule has 0 N–H and O–H groups in total. The van der Waals surface area contributed by atoms with Gasteiger partial charge in [0, 0.05) is 27.5 Å². The van der Waals surface area contributed by atoms with E-state index in [4.69, 9.17) is 14.4 Å². The van der Waals surface area contributed by atoms with E-state index in [1.165, 1.54) is 33.4 Å². The van der Waals surface area contributed by atoms with Gasteiger partial charge in [0.2, 0.25) is 0 Å². The molecule has 10 aromatic rings. The largest absolute Gasteiger partial charge is 0.456 e. The third-order valence-electron chi connectivity index (χ3n) is 11.2. The van der Waals surface area contributed by atoms with Crippen LogP contribution in [-0.2, 0) is 5.41 Å². The number of aromatic nitrogens is 2. The summed E-state index contributed by atoms with van der Waals surface area (Å²) in [6, 6.07) is 69.1. The number of hydrogen-bond acceptors (Lipinski definition) is 3. The summed E-state index contributed by atoms with van der Waals surface area (Å²) < 4.78 is 6.22. The van der Waals surface area contributed by atoms with Crippen LogP contribution < -0.4 is 0 Å². The van der Waals surface area contributed by atoms with Crippen molar-refractivity contribution in [2.75, 3.05) is 0 Å². The molecule has 0 aliphatic heterocycles. The van der Waals surface area contributed by atoms with E-state index < -0.39 is 5.41 Å². The van der Waals surface area contributed by atoms with Crippen molar-refractivity contribution in [1.82, 2.24) is 9.97 Å². The first-order chi connectivity index (χ1) is 26.8. The molecule has 2 heterocycles. The van der Waals surface area contributed by atoms with Crippen LogP contribution in [0.1, 0.15) is 22.3 Å². The molecule has 0 saturated carbocycles. The summed E-state index contributed by atoms with van der Waals surface area (Å²) in [6.45, 7) is 0. The number of rotatable bonds is 5. The number of hydrogen-bond donors (Lipinski definition) is 0. The van der Waals surface area contributed by atoms with Crippen LogP contribution in [-0.4, -0.2) is 9.97 Å². The summed E-state index contributed by atoms with van der Waals surface area (Å²) in [5, 5.41) is 4.44. The van der Waals surface area contributed by atoms with Gasteiger partial charge in [-0.3, -0.25) is 0 Å². The normalized spacial score (nSPS) is 13.0. The van der Waals surface area contributed by atoms with Gasteiger partial charge in [-0.15, -0.1) is 0 Å². The Kier molecular flexibility index (Phi) is 6.77. The van der Waals surface area contributed by atoms with E-state index in [0.29, 0.717) is 5.82 Å². The smallest absolute Gasteiger partial charge is 0.161 e. The average molecular weight is 689 g/mol. The maximum absolute atomic E-state index is 6.22. The van der Waals surface area contributed by atoms with E-state index in [-0.39, 0.29) is 0 Å². The van der Waals surface area contributed by atoms with E-state index in [2.05, 4.69) is 182 Å². The monoisotopic (exact) mass is 688 g/mol. The summed E-state index contributed by atoms with van der Waals surface area (Å²) in [5.41, 5.74) is 13.5. The molecule has 0 amide bonds. The lowest BCUT2D eigenvalue weighted by atomic mass is 9.67. The second kappa shape index (κ2) is 12.0. The number of furan rings is 1. The van der Waals surface area contributed by atoms with Gasteiger partial charge in [-0.25, -0.2) is 9.97 Å². The Labute approximate surface area is 312 Å². The van der Waals surface area contributed by atoms with Crippen LogP contribution in [0.15, 0.2) is 199 Å². The average Bonchev–Trinajstić information content (AvgIpc) is 3.77. The minimum atomic E-state index is -0.508. The number of para-hydroxylation sites is 1. The fourth-order valence-electron chi connectivity index (χ4n) is 8.87. The summed E-state index contributed by atoms with van der Waals surface area (Å²) in [6.07, 6.45) is 0. The second-order valence-electron chi connectivity index (χ2n) is 14.1. The summed E-state index contributed by atoms with van der Waals surface area (Å²) in [7, 11) is 0. The summed E-state index contributed by atoms with van der Waals surface area (Å²) in [5.74, 6) is 0.692. The van der Waals surface area contributed by atoms with E-state index in [1.54, 1.807) is 0 Å². The maximum atomic E-state index is 6.22. The predicted octanol–water partition coefficient (Wildman–Crippen LogP) is 12.9. The topological polar surface area (TPSA) is 38.9 Å². The maximum Gasteiger partial charge on any atom is 0.161 e. The molecule has 0 unspecified atom stereocenters. The molecule has 3 nitrogen and oxygen atoms in total. The third kappa shape index (κ3) is 4.49. The molecule has 0 spiro atoms. The van der Waals surface area contributed by atoms with Gasteiger partial charge in [0.15, 0.2) is 5.82 Å². The molecule has 0 atom stereocenters. The Bertz CT molecular complexity index is 3010. The molecular formula is C51H32N2O. The molecule has 2 aromatic heterocycles. The van der Waals surface area contributed by atoms with Gasteiger partial charge in [-0.2, -0.15) is 0 Å². The van der Waals surface area contributed by atoms with Gasteiger partial charge < -0.3 is 4.42 Å². The van der Waals surface area contributed by atoms with Crippen molar-refractivity contribution in [2.24, 2.45) is 0 Å². The molecule has 1 aliphatic rings. The highest BCUT2D eigenvalue weighted by molar-refractivity contribution is 6.06. The predicted molar refractivity (Wildman–Crippen MR) is 220 cm³/mol. The molecular weight excluding hydrogens is 657 g/mol. The van der Waals surface area contributed by atoms with Crippen molar-refractivity contribution in [2.45, 2.75) is 5.41 Å². The zero-order chi connectivity index (χ0) is 35.6. The first-order valence-corrected chi connectivity index (χ1v) is 18.4. The van der Waals surface area contributed by atoms with Crippen molar-refractivity contribution in [3.05, 3.63) is 216 Å². The van der Waals surface area contributed by atoms with Gasteiger partial charge in [-0.1, -0.05) is 164 Å². The molecule has 3 heteroatoms. The summed E-state index contributed by atoms with van der Waals surface area (Å²) in [4.78, 5) is 10.8. The molecule has 8 aromatic carbocycles. The van der Waals surface area contributed by atoms with Crippen molar-refractivity contribution in [3.63, 3.8) is 0 Å². The van der Waals surface area contributed by atoms with Crippen LogP contribution in [0.2, 0.25) is 0 Å². The standard InChI is InChI=1S/C51H32N2O/c1-3-17-35(18-4-1)51(36-19-5-2-6-20-36)43-26-11-9-23-40(43)49-41(25-14-27-44(49)51)46-32-45(34-29-30-48-42(31-34)38-22-10-12-28-47(38)54-48)52-50(53-46)39-24-13-16-33-15-7-8-21-37(33)39/h1-32H. The first kappa shape index (κ1) is 30.5. The third-order valence-corrected chi connectivity index (χ3v) is 11.2. The summed E-state index contributed by atoms with van der Waals surface area (Å²) >= 11 is 0. The number of nitrogens with zero attached hydrogens (tertiary/aromatic N) is 2. The Morgan fingerprint density at radius 1 is 0.389 bits per heavy atom. The van der Waals surface area contributed by atoms with Crippen LogP contribution in [0.25, 0.3) is 77.7 Å². The van der Waals surface area contributed by atoms with E-state index in [0.717, 1.165) is 60.8 Å². The van der Waals surface area contributed by atoms with Crippen molar-refractivity contribution >= 4 is 32.7 Å². The molecule has 11 rings (SSSR count). The van der Waals surface area contributed by atoms with Gasteiger partial charge >= 0.3 is 0 Å². The molecule has 0 radical (unpaired) electrons. The highest BCUT2D eigenvalue weighted by atomic mass is 16.3. The van der Waals surface area contributed by atoms with Gasteiger partial charge in [0.1, 0.15) is 11.2 Å². The second-order valence-corrected chi connectivity index (χ2v) is 14.1. The fourth-order valence-corrected chi connectivity index (χ4v) is 8.87. The highest BCUT2D eigenvalue weighted by Gasteiger charge is 2.46. The Hall–Kier alpha value is -7.10. The number of benzene rings is 8. The molecule has 1 aliphatic carbocycles. The lowest BCUT2D eigenvalue weighted by Crippen LogP contribution is -2.28. The lowest BCUT2D eigenvalue weighted by Gasteiger charge is -2.33. The van der Waals surface area contributed by atoms with Crippen LogP contribution in [0.3, 0.4) is 0 Å². The van der Waals surface area contributed by atoms with E-state index in [9.17, 15) is 0 Å². The highest BCUT2D eigenvalue weighted by Crippen LogP contribution is 2.58. The molecule has 0 bridgehead atoms.